The Morgan fingerprint density at radius 3 is 2.70 bits per heavy atom. The second-order valence-electron chi connectivity index (χ2n) is 5.45. The molecule has 0 aliphatic carbocycles. The molecule has 7 heteroatoms. The third-order valence-corrected chi connectivity index (χ3v) is 3.93. The van der Waals surface area contributed by atoms with E-state index in [4.69, 9.17) is 0 Å². The standard InChI is InChI=1S/C16H11F3N4/c1-9-2-11-5-20-8-23(11)7-14(9)12-3-10(16(17,18)19)4-15-13(12)6-21-22-15/h2-8H,1H3,(H,21,22). The van der Waals surface area contributed by atoms with Crippen molar-refractivity contribution in [2.24, 2.45) is 0 Å². The highest BCUT2D eigenvalue weighted by molar-refractivity contribution is 5.96. The molecule has 0 atom stereocenters. The van der Waals surface area contributed by atoms with E-state index in [-0.39, 0.29) is 0 Å². The maximum absolute atomic E-state index is 13.2. The Morgan fingerprint density at radius 1 is 1.09 bits per heavy atom. The van der Waals surface area contributed by atoms with Crippen molar-refractivity contribution in [3.05, 3.63) is 54.2 Å². The van der Waals surface area contributed by atoms with Crippen LogP contribution in [0.5, 0.6) is 0 Å². The van der Waals surface area contributed by atoms with E-state index in [2.05, 4.69) is 15.2 Å². The molecule has 4 nitrogen and oxygen atoms in total. The summed E-state index contributed by atoms with van der Waals surface area (Å²) < 4.78 is 41.3. The van der Waals surface area contributed by atoms with E-state index in [1.54, 1.807) is 29.3 Å². The van der Waals surface area contributed by atoms with Crippen LogP contribution in [0.25, 0.3) is 27.5 Å². The third kappa shape index (κ3) is 2.16. The third-order valence-electron chi connectivity index (χ3n) is 3.93. The molecule has 0 radical (unpaired) electrons. The molecule has 0 saturated heterocycles. The van der Waals surface area contributed by atoms with E-state index in [1.165, 1.54) is 6.07 Å². The van der Waals surface area contributed by atoms with Crippen molar-refractivity contribution in [2.45, 2.75) is 13.1 Å². The molecule has 23 heavy (non-hydrogen) atoms. The Kier molecular flexibility index (Phi) is 2.75. The van der Waals surface area contributed by atoms with Gasteiger partial charge in [0.15, 0.2) is 0 Å². The van der Waals surface area contributed by atoms with Crippen LogP contribution in [0.1, 0.15) is 11.1 Å². The minimum Gasteiger partial charge on any atom is -0.306 e. The van der Waals surface area contributed by atoms with Gasteiger partial charge in [0.2, 0.25) is 0 Å². The lowest BCUT2D eigenvalue weighted by molar-refractivity contribution is -0.137. The first kappa shape index (κ1) is 13.8. The number of aryl methyl sites for hydroxylation is 1. The number of pyridine rings is 1. The first-order chi connectivity index (χ1) is 10.9. The number of H-pyrrole nitrogens is 1. The molecular formula is C16H11F3N4. The fraction of sp³-hybridized carbons (Fsp3) is 0.125. The lowest BCUT2D eigenvalue weighted by atomic mass is 9.97. The SMILES string of the molecule is Cc1cc2cncn2cc1-c1cc(C(F)(F)F)cc2[nH]ncc12. The number of alkyl halides is 3. The Balaban J connectivity index is 2.06. The smallest absolute Gasteiger partial charge is 0.306 e. The minimum absolute atomic E-state index is 0.361. The van der Waals surface area contributed by atoms with Crippen molar-refractivity contribution < 1.29 is 13.2 Å². The summed E-state index contributed by atoms with van der Waals surface area (Å²) in [5, 5.41) is 7.16. The predicted molar refractivity (Wildman–Crippen MR) is 80.0 cm³/mol. The summed E-state index contributed by atoms with van der Waals surface area (Å²) in [7, 11) is 0. The number of imidazole rings is 1. The maximum atomic E-state index is 13.2. The fourth-order valence-electron chi connectivity index (χ4n) is 2.79. The predicted octanol–water partition coefficient (Wildman–Crippen LogP) is 4.20. The molecule has 1 N–H and O–H groups in total. The number of aromatic amines is 1. The van der Waals surface area contributed by atoms with Crippen LogP contribution in [0.3, 0.4) is 0 Å². The Bertz CT molecular complexity index is 1030. The lowest BCUT2D eigenvalue weighted by Crippen LogP contribution is -2.05. The van der Waals surface area contributed by atoms with Gasteiger partial charge in [-0.2, -0.15) is 18.3 Å². The molecule has 0 saturated carbocycles. The van der Waals surface area contributed by atoms with Gasteiger partial charge in [-0.3, -0.25) is 5.10 Å². The molecule has 0 fully saturated rings. The van der Waals surface area contributed by atoms with Gasteiger partial charge in [0, 0.05) is 17.1 Å². The number of hydrogen-bond acceptors (Lipinski definition) is 2. The average molecular weight is 316 g/mol. The van der Waals surface area contributed by atoms with Crippen LogP contribution in [0.2, 0.25) is 0 Å². The van der Waals surface area contributed by atoms with Crippen molar-refractivity contribution >= 4 is 16.4 Å². The molecular weight excluding hydrogens is 305 g/mol. The van der Waals surface area contributed by atoms with E-state index in [9.17, 15) is 13.2 Å². The zero-order chi connectivity index (χ0) is 16.2. The van der Waals surface area contributed by atoms with Crippen molar-refractivity contribution in [2.75, 3.05) is 0 Å². The summed E-state index contributed by atoms with van der Waals surface area (Å²) in [4.78, 5) is 4.05. The number of benzene rings is 1. The first-order valence-corrected chi connectivity index (χ1v) is 6.90. The molecule has 0 bridgehead atoms. The first-order valence-electron chi connectivity index (χ1n) is 6.90. The molecule has 0 spiro atoms. The summed E-state index contributed by atoms with van der Waals surface area (Å²) >= 11 is 0. The van der Waals surface area contributed by atoms with Gasteiger partial charge in [-0.05, 0) is 36.2 Å². The van der Waals surface area contributed by atoms with Crippen LogP contribution >= 0.6 is 0 Å². The van der Waals surface area contributed by atoms with Crippen molar-refractivity contribution in [3.8, 4) is 11.1 Å². The molecule has 0 aliphatic rings. The topological polar surface area (TPSA) is 46.0 Å². The van der Waals surface area contributed by atoms with Crippen LogP contribution in [-0.4, -0.2) is 19.6 Å². The van der Waals surface area contributed by atoms with Crippen molar-refractivity contribution in [3.63, 3.8) is 0 Å². The lowest BCUT2D eigenvalue weighted by Gasteiger charge is -2.13. The summed E-state index contributed by atoms with van der Waals surface area (Å²) in [5.41, 5.74) is 2.64. The molecule has 4 rings (SSSR count). The Hall–Kier alpha value is -2.83. The number of aromatic nitrogens is 4. The van der Waals surface area contributed by atoms with Gasteiger partial charge in [-0.15, -0.1) is 0 Å². The van der Waals surface area contributed by atoms with Crippen molar-refractivity contribution in [1.82, 2.24) is 19.6 Å². The van der Waals surface area contributed by atoms with Crippen LogP contribution in [0, 0.1) is 6.92 Å². The highest BCUT2D eigenvalue weighted by Gasteiger charge is 2.32. The van der Waals surface area contributed by atoms with E-state index < -0.39 is 11.7 Å². The number of rotatable bonds is 1. The molecule has 116 valence electrons. The molecule has 1 aromatic carbocycles. The number of nitrogens with zero attached hydrogens (tertiary/aromatic N) is 3. The molecule has 0 unspecified atom stereocenters. The monoisotopic (exact) mass is 316 g/mol. The van der Waals surface area contributed by atoms with Crippen LogP contribution < -0.4 is 0 Å². The average Bonchev–Trinajstić information content (AvgIpc) is 3.12. The maximum Gasteiger partial charge on any atom is 0.416 e. The minimum atomic E-state index is -4.42. The number of fused-ring (bicyclic) bond motifs is 2. The van der Waals surface area contributed by atoms with Crippen molar-refractivity contribution in [1.29, 1.82) is 0 Å². The molecule has 4 aromatic rings. The van der Waals surface area contributed by atoms with Gasteiger partial charge < -0.3 is 4.40 Å². The zero-order valence-corrected chi connectivity index (χ0v) is 12.0. The highest BCUT2D eigenvalue weighted by Crippen LogP contribution is 2.37. The normalized spacial score (nSPS) is 12.3. The second-order valence-corrected chi connectivity index (χ2v) is 5.45. The Morgan fingerprint density at radius 2 is 1.91 bits per heavy atom. The summed E-state index contributed by atoms with van der Waals surface area (Å²) in [6, 6.07) is 4.15. The van der Waals surface area contributed by atoms with Crippen LogP contribution in [0.4, 0.5) is 13.2 Å². The summed E-state index contributed by atoms with van der Waals surface area (Å²) in [6.07, 6.45) is 2.25. The number of halogens is 3. The van der Waals surface area contributed by atoms with Crippen LogP contribution in [-0.2, 0) is 6.18 Å². The van der Waals surface area contributed by atoms with Gasteiger partial charge >= 0.3 is 6.18 Å². The molecule has 0 amide bonds. The van der Waals surface area contributed by atoms with E-state index in [1.807, 2.05) is 13.0 Å². The zero-order valence-electron chi connectivity index (χ0n) is 12.0. The van der Waals surface area contributed by atoms with Gasteiger partial charge in [-0.1, -0.05) is 0 Å². The second kappa shape index (κ2) is 4.58. The molecule has 3 aromatic heterocycles. The number of hydrogen-bond donors (Lipinski definition) is 1. The Labute approximate surface area is 128 Å². The fourth-order valence-corrected chi connectivity index (χ4v) is 2.79. The van der Waals surface area contributed by atoms with Gasteiger partial charge in [0.25, 0.3) is 0 Å². The van der Waals surface area contributed by atoms with Gasteiger partial charge in [-0.25, -0.2) is 4.98 Å². The van der Waals surface area contributed by atoms with E-state index in [0.717, 1.165) is 17.1 Å². The highest BCUT2D eigenvalue weighted by atomic mass is 19.4. The van der Waals surface area contributed by atoms with Gasteiger partial charge in [0.1, 0.15) is 0 Å². The van der Waals surface area contributed by atoms with Gasteiger partial charge in [0.05, 0.1) is 35.3 Å². The van der Waals surface area contributed by atoms with E-state index in [0.29, 0.717) is 22.0 Å². The van der Waals surface area contributed by atoms with E-state index >= 15 is 0 Å². The largest absolute Gasteiger partial charge is 0.416 e. The summed E-state index contributed by atoms with van der Waals surface area (Å²) in [5.74, 6) is 0. The number of nitrogens with one attached hydrogen (secondary N) is 1. The van der Waals surface area contributed by atoms with Crippen LogP contribution in [0.15, 0.2) is 43.1 Å². The molecule has 0 aliphatic heterocycles. The quantitative estimate of drug-likeness (QED) is 0.572. The molecule has 3 heterocycles. The summed E-state index contributed by atoms with van der Waals surface area (Å²) in [6.45, 7) is 1.87.